The highest BCUT2D eigenvalue weighted by molar-refractivity contribution is 5.67. The lowest BCUT2D eigenvalue weighted by atomic mass is 10.1. The van der Waals surface area contributed by atoms with Gasteiger partial charge in [0.15, 0.2) is 17.3 Å². The first-order valence-electron chi connectivity index (χ1n) is 8.27. The Bertz CT molecular complexity index is 956. The summed E-state index contributed by atoms with van der Waals surface area (Å²) in [4.78, 5) is 15.1. The first kappa shape index (κ1) is 18.3. The van der Waals surface area contributed by atoms with Crippen molar-refractivity contribution in [3.05, 3.63) is 64.0 Å². The predicted molar refractivity (Wildman–Crippen MR) is 98.7 cm³/mol. The third-order valence-electron chi connectivity index (χ3n) is 3.99. The number of aromatic nitrogens is 3. The van der Waals surface area contributed by atoms with Gasteiger partial charge in [-0.3, -0.25) is 15.2 Å². The van der Waals surface area contributed by atoms with E-state index in [1.54, 1.807) is 37.4 Å². The average Bonchev–Trinajstić information content (AvgIpc) is 3.18. The smallest absolute Gasteiger partial charge is 0.280 e. The molecule has 1 aromatic heterocycles. The van der Waals surface area contributed by atoms with Gasteiger partial charge in [0.25, 0.3) is 5.69 Å². The second kappa shape index (κ2) is 7.83. The highest BCUT2D eigenvalue weighted by Crippen LogP contribution is 2.32. The molecule has 1 atom stereocenters. The summed E-state index contributed by atoms with van der Waals surface area (Å²) in [7, 11) is 1.55. The zero-order chi connectivity index (χ0) is 19.4. The van der Waals surface area contributed by atoms with Crippen molar-refractivity contribution in [1.82, 2.24) is 15.2 Å². The van der Waals surface area contributed by atoms with Gasteiger partial charge in [0.1, 0.15) is 5.82 Å². The van der Waals surface area contributed by atoms with E-state index in [-0.39, 0.29) is 11.5 Å². The van der Waals surface area contributed by atoms with Crippen molar-refractivity contribution in [2.75, 3.05) is 13.7 Å². The first-order valence-corrected chi connectivity index (χ1v) is 8.27. The Morgan fingerprint density at radius 3 is 2.74 bits per heavy atom. The predicted octanol–water partition coefficient (Wildman–Crippen LogP) is 2.84. The van der Waals surface area contributed by atoms with E-state index in [4.69, 9.17) is 15.2 Å². The molecule has 0 fully saturated rings. The number of nitrogens with two attached hydrogens (primary N) is 1. The van der Waals surface area contributed by atoms with Crippen molar-refractivity contribution >= 4 is 5.69 Å². The summed E-state index contributed by atoms with van der Waals surface area (Å²) in [5, 5.41) is 18.1. The monoisotopic (exact) mass is 369 g/mol. The van der Waals surface area contributed by atoms with E-state index < -0.39 is 11.0 Å². The Hall–Kier alpha value is -3.46. The van der Waals surface area contributed by atoms with E-state index in [0.29, 0.717) is 29.5 Å². The molecule has 9 heteroatoms. The van der Waals surface area contributed by atoms with E-state index >= 15 is 0 Å². The number of methoxy groups -OCH3 is 1. The molecule has 1 heterocycles. The number of nitro groups is 1. The highest BCUT2D eigenvalue weighted by atomic mass is 16.6. The van der Waals surface area contributed by atoms with Crippen LogP contribution in [0.2, 0.25) is 0 Å². The van der Waals surface area contributed by atoms with Crippen LogP contribution < -0.4 is 15.2 Å². The summed E-state index contributed by atoms with van der Waals surface area (Å²) in [5.74, 6) is 1.78. The molecule has 1 unspecified atom stereocenters. The molecule has 0 aliphatic carbocycles. The number of H-pyrrole nitrogens is 1. The lowest BCUT2D eigenvalue weighted by molar-refractivity contribution is -0.384. The number of benzene rings is 2. The number of nitro benzene ring substituents is 1. The van der Waals surface area contributed by atoms with Gasteiger partial charge in [0, 0.05) is 6.07 Å². The van der Waals surface area contributed by atoms with Gasteiger partial charge in [-0.25, -0.2) is 4.98 Å². The van der Waals surface area contributed by atoms with Crippen LogP contribution in [0.4, 0.5) is 5.69 Å². The molecule has 3 rings (SSSR count). The SMILES string of the molecule is CCOc1ccc(C(N)c2nc(-c3ccccc3[N+](=O)[O-])n[nH]2)cc1OC. The van der Waals surface area contributed by atoms with Crippen molar-refractivity contribution in [3.63, 3.8) is 0 Å². The van der Waals surface area contributed by atoms with Gasteiger partial charge in [-0.1, -0.05) is 18.2 Å². The molecule has 0 aliphatic rings. The maximum atomic E-state index is 11.2. The van der Waals surface area contributed by atoms with Gasteiger partial charge >= 0.3 is 0 Å². The van der Waals surface area contributed by atoms with Crippen molar-refractivity contribution < 1.29 is 14.4 Å². The molecule has 0 bridgehead atoms. The summed E-state index contributed by atoms with van der Waals surface area (Å²) in [6, 6.07) is 11.0. The number of hydrogen-bond donors (Lipinski definition) is 2. The van der Waals surface area contributed by atoms with Crippen LogP contribution in [0.5, 0.6) is 11.5 Å². The van der Waals surface area contributed by atoms with Crippen LogP contribution in [0.3, 0.4) is 0 Å². The maximum absolute atomic E-state index is 11.2. The molecule has 140 valence electrons. The molecular weight excluding hydrogens is 350 g/mol. The van der Waals surface area contributed by atoms with E-state index in [1.165, 1.54) is 6.07 Å². The lowest BCUT2D eigenvalue weighted by Crippen LogP contribution is -2.14. The molecule has 3 aromatic rings. The van der Waals surface area contributed by atoms with Crippen molar-refractivity contribution in [1.29, 1.82) is 0 Å². The second-order valence-electron chi connectivity index (χ2n) is 5.64. The fourth-order valence-electron chi connectivity index (χ4n) is 2.67. The minimum atomic E-state index is -0.612. The fraction of sp³-hybridized carbons (Fsp3) is 0.222. The van der Waals surface area contributed by atoms with Gasteiger partial charge in [-0.2, -0.15) is 5.10 Å². The van der Waals surface area contributed by atoms with Crippen LogP contribution >= 0.6 is 0 Å². The minimum Gasteiger partial charge on any atom is -0.493 e. The van der Waals surface area contributed by atoms with Crippen LogP contribution in [-0.4, -0.2) is 33.8 Å². The van der Waals surface area contributed by atoms with Gasteiger partial charge < -0.3 is 15.2 Å². The minimum absolute atomic E-state index is 0.0700. The summed E-state index contributed by atoms with van der Waals surface area (Å²) in [5.41, 5.74) is 7.28. The molecule has 2 aromatic carbocycles. The van der Waals surface area contributed by atoms with Crippen LogP contribution in [0.1, 0.15) is 24.4 Å². The molecule has 0 amide bonds. The maximum Gasteiger partial charge on any atom is 0.280 e. The highest BCUT2D eigenvalue weighted by Gasteiger charge is 2.21. The van der Waals surface area contributed by atoms with Crippen LogP contribution in [-0.2, 0) is 0 Å². The number of rotatable bonds is 7. The number of ether oxygens (including phenoxy) is 2. The standard InChI is InChI=1S/C18H19N5O4/c1-3-27-14-9-8-11(10-15(14)26-2)16(19)18-20-17(21-22-18)12-6-4-5-7-13(12)23(24)25/h4-10,16H,3,19H2,1-2H3,(H,20,21,22). The molecule has 0 saturated heterocycles. The van der Waals surface area contributed by atoms with Crippen molar-refractivity contribution in [2.45, 2.75) is 13.0 Å². The first-order chi connectivity index (χ1) is 13.0. The van der Waals surface area contributed by atoms with Gasteiger partial charge in [-0.15, -0.1) is 0 Å². The van der Waals surface area contributed by atoms with E-state index in [9.17, 15) is 10.1 Å². The average molecular weight is 369 g/mol. The number of para-hydroxylation sites is 1. The summed E-state index contributed by atoms with van der Waals surface area (Å²) in [6.07, 6.45) is 0. The zero-order valence-electron chi connectivity index (χ0n) is 14.9. The zero-order valence-corrected chi connectivity index (χ0v) is 14.9. The van der Waals surface area contributed by atoms with Gasteiger partial charge in [0.05, 0.1) is 30.2 Å². The lowest BCUT2D eigenvalue weighted by Gasteiger charge is -2.13. The molecule has 27 heavy (non-hydrogen) atoms. The number of aromatic amines is 1. The summed E-state index contributed by atoms with van der Waals surface area (Å²) >= 11 is 0. The molecule has 9 nitrogen and oxygen atoms in total. The molecular formula is C18H19N5O4. The number of nitrogens with zero attached hydrogens (tertiary/aromatic N) is 3. The Morgan fingerprint density at radius 2 is 2.04 bits per heavy atom. The summed E-state index contributed by atoms with van der Waals surface area (Å²) < 4.78 is 10.8. The van der Waals surface area contributed by atoms with E-state index in [2.05, 4.69) is 15.2 Å². The topological polar surface area (TPSA) is 129 Å². The Morgan fingerprint density at radius 1 is 1.26 bits per heavy atom. The summed E-state index contributed by atoms with van der Waals surface area (Å²) in [6.45, 7) is 2.40. The van der Waals surface area contributed by atoms with Crippen LogP contribution in [0.15, 0.2) is 42.5 Å². The third-order valence-corrected chi connectivity index (χ3v) is 3.99. The Kier molecular flexibility index (Phi) is 5.32. The van der Waals surface area contributed by atoms with Gasteiger partial charge in [0.2, 0.25) is 0 Å². The third kappa shape index (κ3) is 3.72. The molecule has 0 spiro atoms. The van der Waals surface area contributed by atoms with Crippen molar-refractivity contribution in [3.8, 4) is 22.9 Å². The largest absolute Gasteiger partial charge is 0.493 e. The molecule has 0 aliphatic heterocycles. The quantitative estimate of drug-likeness (QED) is 0.484. The number of hydrogen-bond acceptors (Lipinski definition) is 7. The normalized spacial score (nSPS) is 11.8. The molecule has 0 radical (unpaired) electrons. The van der Waals surface area contributed by atoms with Crippen LogP contribution in [0.25, 0.3) is 11.4 Å². The molecule has 3 N–H and O–H groups in total. The van der Waals surface area contributed by atoms with E-state index in [0.717, 1.165) is 5.56 Å². The Labute approximate surface area is 155 Å². The van der Waals surface area contributed by atoms with Crippen molar-refractivity contribution in [2.24, 2.45) is 5.73 Å². The molecule has 0 saturated carbocycles. The van der Waals surface area contributed by atoms with Crippen LogP contribution in [0, 0.1) is 10.1 Å². The van der Waals surface area contributed by atoms with Gasteiger partial charge in [-0.05, 0) is 30.7 Å². The Balaban J connectivity index is 1.92. The van der Waals surface area contributed by atoms with E-state index in [1.807, 2.05) is 13.0 Å². The number of nitrogens with one attached hydrogen (secondary N) is 1. The fourth-order valence-corrected chi connectivity index (χ4v) is 2.67. The second-order valence-corrected chi connectivity index (χ2v) is 5.64.